The maximum absolute atomic E-state index is 12.5. The topological polar surface area (TPSA) is 93.7 Å². The molecule has 2 N–H and O–H groups in total. The minimum absolute atomic E-state index is 0.00266. The zero-order chi connectivity index (χ0) is 17.7. The molecule has 1 amide bonds. The van der Waals surface area contributed by atoms with Crippen molar-refractivity contribution in [3.63, 3.8) is 0 Å². The lowest BCUT2D eigenvalue weighted by atomic mass is 10.3. The second-order valence-corrected chi connectivity index (χ2v) is 6.56. The summed E-state index contributed by atoms with van der Waals surface area (Å²) in [5, 5.41) is 2.54. The minimum Gasteiger partial charge on any atom is -0.497 e. The van der Waals surface area contributed by atoms with Crippen LogP contribution in [0.15, 0.2) is 47.4 Å². The Labute approximate surface area is 140 Å². The molecule has 0 fully saturated rings. The molecule has 0 aliphatic heterocycles. The van der Waals surface area contributed by atoms with Crippen molar-refractivity contribution in [2.24, 2.45) is 0 Å². The highest BCUT2D eigenvalue weighted by molar-refractivity contribution is 7.92. The molecule has 0 unspecified atom stereocenters. The maximum Gasteiger partial charge on any atom is 0.261 e. The fourth-order valence-corrected chi connectivity index (χ4v) is 3.10. The first-order valence-electron chi connectivity index (χ1n) is 6.98. The molecule has 0 heterocycles. The summed E-state index contributed by atoms with van der Waals surface area (Å²) < 4.78 is 37.6. The molecule has 0 aromatic heterocycles. The number of ether oxygens (including phenoxy) is 2. The van der Waals surface area contributed by atoms with Crippen molar-refractivity contribution in [1.82, 2.24) is 0 Å². The average molecular weight is 350 g/mol. The smallest absolute Gasteiger partial charge is 0.261 e. The second kappa shape index (κ2) is 7.22. The van der Waals surface area contributed by atoms with Gasteiger partial charge in [0.25, 0.3) is 10.0 Å². The van der Waals surface area contributed by atoms with Crippen molar-refractivity contribution < 1.29 is 22.7 Å². The Morgan fingerprint density at radius 1 is 1.00 bits per heavy atom. The van der Waals surface area contributed by atoms with Gasteiger partial charge in [0.05, 0.1) is 24.8 Å². The van der Waals surface area contributed by atoms with Gasteiger partial charge < -0.3 is 14.8 Å². The van der Waals surface area contributed by atoms with Gasteiger partial charge in [0, 0.05) is 12.6 Å². The maximum atomic E-state index is 12.5. The van der Waals surface area contributed by atoms with Gasteiger partial charge in [0.1, 0.15) is 11.5 Å². The van der Waals surface area contributed by atoms with E-state index in [0.29, 0.717) is 17.2 Å². The summed E-state index contributed by atoms with van der Waals surface area (Å²) in [6, 6.07) is 10.7. The molecule has 0 aliphatic rings. The lowest BCUT2D eigenvalue weighted by molar-refractivity contribution is -0.114. The summed E-state index contributed by atoms with van der Waals surface area (Å²) >= 11 is 0. The molecule has 0 bridgehead atoms. The third kappa shape index (κ3) is 4.17. The number of methoxy groups -OCH3 is 2. The number of hydrogen-bond donors (Lipinski definition) is 2. The molecular weight excluding hydrogens is 332 g/mol. The number of carbonyl (C=O) groups excluding carboxylic acids is 1. The number of amides is 1. The summed E-state index contributed by atoms with van der Waals surface area (Å²) in [7, 11) is -0.851. The Morgan fingerprint density at radius 3 is 2.21 bits per heavy atom. The van der Waals surface area contributed by atoms with Crippen LogP contribution in [0.5, 0.6) is 11.5 Å². The lowest BCUT2D eigenvalue weighted by Crippen LogP contribution is -2.14. The predicted octanol–water partition coefficient (Wildman–Crippen LogP) is 2.46. The largest absolute Gasteiger partial charge is 0.497 e. The number of hydrogen-bond acceptors (Lipinski definition) is 5. The highest BCUT2D eigenvalue weighted by Gasteiger charge is 2.17. The Morgan fingerprint density at radius 2 is 1.67 bits per heavy atom. The van der Waals surface area contributed by atoms with Gasteiger partial charge in [-0.1, -0.05) is 0 Å². The molecule has 128 valence electrons. The molecule has 24 heavy (non-hydrogen) atoms. The van der Waals surface area contributed by atoms with E-state index in [2.05, 4.69) is 10.0 Å². The quantitative estimate of drug-likeness (QED) is 0.835. The van der Waals surface area contributed by atoms with E-state index in [-0.39, 0.29) is 16.5 Å². The monoisotopic (exact) mass is 350 g/mol. The first-order valence-corrected chi connectivity index (χ1v) is 8.46. The third-order valence-electron chi connectivity index (χ3n) is 3.13. The lowest BCUT2D eigenvalue weighted by Gasteiger charge is -2.13. The van der Waals surface area contributed by atoms with Crippen LogP contribution in [0.1, 0.15) is 6.92 Å². The number of rotatable bonds is 6. The van der Waals surface area contributed by atoms with Gasteiger partial charge in [0.2, 0.25) is 5.91 Å². The van der Waals surface area contributed by atoms with Crippen LogP contribution in [-0.4, -0.2) is 28.5 Å². The molecule has 0 aliphatic carbocycles. The molecule has 0 atom stereocenters. The number of sulfonamides is 1. The summed E-state index contributed by atoms with van der Waals surface area (Å²) in [5.74, 6) is 0.662. The summed E-state index contributed by atoms with van der Waals surface area (Å²) in [4.78, 5) is 11.3. The molecule has 0 saturated carbocycles. The Kier molecular flexibility index (Phi) is 5.30. The van der Waals surface area contributed by atoms with Crippen molar-refractivity contribution >= 4 is 27.3 Å². The number of benzene rings is 2. The molecule has 2 aromatic carbocycles. The average Bonchev–Trinajstić information content (AvgIpc) is 2.54. The van der Waals surface area contributed by atoms with E-state index in [9.17, 15) is 13.2 Å². The highest BCUT2D eigenvalue weighted by atomic mass is 32.2. The first kappa shape index (κ1) is 17.6. The summed E-state index contributed by atoms with van der Waals surface area (Å²) in [5.41, 5.74) is 0.676. The van der Waals surface area contributed by atoms with Crippen LogP contribution in [0.25, 0.3) is 0 Å². The van der Waals surface area contributed by atoms with E-state index >= 15 is 0 Å². The zero-order valence-corrected chi connectivity index (χ0v) is 14.3. The van der Waals surface area contributed by atoms with E-state index in [4.69, 9.17) is 9.47 Å². The van der Waals surface area contributed by atoms with Gasteiger partial charge in [-0.3, -0.25) is 9.52 Å². The molecule has 0 radical (unpaired) electrons. The van der Waals surface area contributed by atoms with Crippen molar-refractivity contribution in [3.8, 4) is 11.5 Å². The fourth-order valence-electron chi connectivity index (χ4n) is 2.01. The van der Waals surface area contributed by atoms with Crippen LogP contribution in [-0.2, 0) is 14.8 Å². The molecular formula is C16H18N2O5S. The number of nitrogens with one attached hydrogen (secondary N) is 2. The number of carbonyl (C=O) groups is 1. The Hall–Kier alpha value is -2.74. The van der Waals surface area contributed by atoms with Crippen LogP contribution in [0.2, 0.25) is 0 Å². The van der Waals surface area contributed by atoms with Crippen molar-refractivity contribution in [2.45, 2.75) is 11.8 Å². The van der Waals surface area contributed by atoms with E-state index in [1.807, 2.05) is 0 Å². The zero-order valence-electron chi connectivity index (χ0n) is 13.5. The van der Waals surface area contributed by atoms with Crippen LogP contribution in [0.4, 0.5) is 11.4 Å². The van der Waals surface area contributed by atoms with Crippen LogP contribution < -0.4 is 19.5 Å². The molecule has 0 spiro atoms. The number of anilines is 2. The van der Waals surface area contributed by atoms with Crippen molar-refractivity contribution in [1.29, 1.82) is 0 Å². The summed E-state index contributed by atoms with van der Waals surface area (Å²) in [6.07, 6.45) is 0. The SMILES string of the molecule is COc1ccc(NS(=O)(=O)c2ccc(OC)c(NC(C)=O)c2)cc1. The van der Waals surface area contributed by atoms with Gasteiger partial charge in [-0.25, -0.2) is 8.42 Å². The summed E-state index contributed by atoms with van der Waals surface area (Å²) in [6.45, 7) is 1.33. The van der Waals surface area contributed by atoms with Gasteiger partial charge in [-0.15, -0.1) is 0 Å². The van der Waals surface area contributed by atoms with E-state index in [1.165, 1.54) is 39.3 Å². The Balaban J connectivity index is 2.32. The first-order chi connectivity index (χ1) is 11.4. The van der Waals surface area contributed by atoms with Crippen LogP contribution in [0, 0.1) is 0 Å². The van der Waals surface area contributed by atoms with Gasteiger partial charge >= 0.3 is 0 Å². The van der Waals surface area contributed by atoms with Crippen LogP contribution >= 0.6 is 0 Å². The highest BCUT2D eigenvalue weighted by Crippen LogP contribution is 2.28. The van der Waals surface area contributed by atoms with E-state index < -0.39 is 10.0 Å². The van der Waals surface area contributed by atoms with Gasteiger partial charge in [-0.05, 0) is 42.5 Å². The fraction of sp³-hybridized carbons (Fsp3) is 0.188. The van der Waals surface area contributed by atoms with E-state index in [0.717, 1.165) is 0 Å². The standard InChI is InChI=1S/C16H18N2O5S/c1-11(19)17-15-10-14(8-9-16(15)23-3)24(20,21)18-12-4-6-13(22-2)7-5-12/h4-10,18H,1-3H3,(H,17,19). The third-order valence-corrected chi connectivity index (χ3v) is 4.51. The molecule has 2 rings (SSSR count). The van der Waals surface area contributed by atoms with E-state index in [1.54, 1.807) is 24.3 Å². The molecule has 8 heteroatoms. The molecule has 7 nitrogen and oxygen atoms in total. The molecule has 2 aromatic rings. The van der Waals surface area contributed by atoms with Gasteiger partial charge in [0.15, 0.2) is 0 Å². The normalized spacial score (nSPS) is 10.8. The van der Waals surface area contributed by atoms with Crippen molar-refractivity contribution in [2.75, 3.05) is 24.3 Å². The minimum atomic E-state index is -3.81. The Bertz CT molecular complexity index is 832. The second-order valence-electron chi connectivity index (χ2n) is 4.88. The van der Waals surface area contributed by atoms with Gasteiger partial charge in [-0.2, -0.15) is 0 Å². The predicted molar refractivity (Wildman–Crippen MR) is 91.1 cm³/mol. The van der Waals surface area contributed by atoms with Crippen molar-refractivity contribution in [3.05, 3.63) is 42.5 Å². The molecule has 0 saturated heterocycles. The van der Waals surface area contributed by atoms with Crippen LogP contribution in [0.3, 0.4) is 0 Å².